The second-order valence-corrected chi connectivity index (χ2v) is 7.62. The van der Waals surface area contributed by atoms with Gasteiger partial charge in [0.1, 0.15) is 5.39 Å². The molecule has 2 aromatic carbocycles. The lowest BCUT2D eigenvalue weighted by molar-refractivity contribution is -0.137. The molecule has 33 heavy (non-hydrogen) atoms. The molecule has 5 rings (SSSR count). The molecule has 0 saturated carbocycles. The van der Waals surface area contributed by atoms with E-state index in [2.05, 4.69) is 15.4 Å². The Hall–Kier alpha value is -3.92. The van der Waals surface area contributed by atoms with Crippen molar-refractivity contribution in [2.45, 2.75) is 18.8 Å². The molecule has 0 spiro atoms. The Kier molecular flexibility index (Phi) is 5.01. The molecule has 1 unspecified atom stereocenters. The maximum Gasteiger partial charge on any atom is 0.416 e. The third kappa shape index (κ3) is 3.78. The van der Waals surface area contributed by atoms with E-state index in [4.69, 9.17) is 0 Å². The predicted octanol–water partition coefficient (Wildman–Crippen LogP) is 3.66. The summed E-state index contributed by atoms with van der Waals surface area (Å²) >= 11 is 0. The molecule has 0 fully saturated rings. The van der Waals surface area contributed by atoms with Crippen LogP contribution in [-0.4, -0.2) is 31.0 Å². The summed E-state index contributed by atoms with van der Waals surface area (Å²) in [5, 5.41) is 18.0. The highest BCUT2D eigenvalue weighted by molar-refractivity contribution is 5.83. The topological polar surface area (TPSA) is 85.0 Å². The molecule has 1 aliphatic heterocycles. The quantitative estimate of drug-likeness (QED) is 0.482. The van der Waals surface area contributed by atoms with Crippen LogP contribution in [0.25, 0.3) is 16.7 Å². The molecule has 0 saturated heterocycles. The van der Waals surface area contributed by atoms with Crippen molar-refractivity contribution in [1.82, 2.24) is 19.3 Å². The van der Waals surface area contributed by atoms with Crippen LogP contribution in [0.1, 0.15) is 22.8 Å². The normalized spacial score (nSPS) is 14.2. The third-order valence-electron chi connectivity index (χ3n) is 5.51. The Morgan fingerprint density at radius 1 is 1.12 bits per heavy atom. The number of aliphatic hydroxyl groups excluding tert-OH is 1. The maximum atomic E-state index is 13.2. The van der Waals surface area contributed by atoms with E-state index in [1.54, 1.807) is 28.8 Å². The first-order valence-corrected chi connectivity index (χ1v) is 10.2. The van der Waals surface area contributed by atoms with Gasteiger partial charge in [-0.15, -0.1) is 0 Å². The molecule has 3 heterocycles. The van der Waals surface area contributed by atoms with Crippen LogP contribution in [0.15, 0.2) is 71.7 Å². The average Bonchev–Trinajstić information content (AvgIpc) is 3.26. The summed E-state index contributed by atoms with van der Waals surface area (Å²) in [6, 6.07) is 14.0. The lowest BCUT2D eigenvalue weighted by Crippen LogP contribution is -2.24. The summed E-state index contributed by atoms with van der Waals surface area (Å²) in [6.07, 6.45) is -2.22. The van der Waals surface area contributed by atoms with E-state index in [0.717, 1.165) is 12.1 Å². The van der Waals surface area contributed by atoms with Crippen LogP contribution in [0.2, 0.25) is 0 Å². The number of rotatable bonds is 5. The first-order chi connectivity index (χ1) is 15.8. The summed E-state index contributed by atoms with van der Waals surface area (Å²) in [7, 11) is 0. The first-order valence-electron chi connectivity index (χ1n) is 10.2. The van der Waals surface area contributed by atoms with Crippen LogP contribution in [0.4, 0.5) is 19.1 Å². The molecule has 10 heteroatoms. The van der Waals surface area contributed by atoms with Crippen molar-refractivity contribution in [3.63, 3.8) is 0 Å². The molecular formula is C23H18F3N5O2. The summed E-state index contributed by atoms with van der Waals surface area (Å²) in [5.41, 5.74) is 0.621. The molecule has 4 aromatic rings. The number of alkyl halides is 3. The second-order valence-electron chi connectivity index (χ2n) is 7.62. The van der Waals surface area contributed by atoms with Gasteiger partial charge < -0.3 is 10.4 Å². The number of aromatic nitrogens is 4. The molecule has 0 bridgehead atoms. The number of hydrogen-bond acceptors (Lipinski definition) is 5. The highest BCUT2D eigenvalue weighted by Crippen LogP contribution is 2.33. The fourth-order valence-electron chi connectivity index (χ4n) is 3.89. The third-order valence-corrected chi connectivity index (χ3v) is 5.51. The number of nitrogens with zero attached hydrogens (tertiary/aromatic N) is 4. The minimum Gasteiger partial charge on any atom is -0.387 e. The smallest absolute Gasteiger partial charge is 0.387 e. The predicted molar refractivity (Wildman–Crippen MR) is 116 cm³/mol. The van der Waals surface area contributed by atoms with Gasteiger partial charge in [-0.2, -0.15) is 23.3 Å². The maximum absolute atomic E-state index is 13.2. The van der Waals surface area contributed by atoms with Gasteiger partial charge in [-0.1, -0.05) is 42.5 Å². The molecule has 1 aliphatic rings. The Bertz CT molecular complexity index is 1420. The Labute approximate surface area is 185 Å². The van der Waals surface area contributed by atoms with Gasteiger partial charge in [-0.05, 0) is 23.8 Å². The number of allylic oxidation sites excluding steroid dienone is 1. The summed E-state index contributed by atoms with van der Waals surface area (Å²) in [5.74, 6) is 0.239. The highest BCUT2D eigenvalue weighted by atomic mass is 19.4. The van der Waals surface area contributed by atoms with Crippen LogP contribution in [-0.2, 0) is 12.7 Å². The van der Waals surface area contributed by atoms with Crippen LogP contribution in [0, 0.1) is 0 Å². The molecule has 0 radical (unpaired) electrons. The molecular weight excluding hydrogens is 435 g/mol. The fraction of sp³-hybridized carbons (Fsp3) is 0.174. The van der Waals surface area contributed by atoms with Gasteiger partial charge >= 0.3 is 6.18 Å². The van der Waals surface area contributed by atoms with Gasteiger partial charge in [0.2, 0.25) is 5.95 Å². The Balaban J connectivity index is 1.51. The Morgan fingerprint density at radius 2 is 1.91 bits per heavy atom. The van der Waals surface area contributed by atoms with Crippen molar-refractivity contribution in [2.24, 2.45) is 0 Å². The number of nitrogens with one attached hydrogen (secondary N) is 1. The number of hydrogen-bond donors (Lipinski definition) is 2. The van der Waals surface area contributed by atoms with E-state index in [-0.39, 0.29) is 24.4 Å². The zero-order valence-electron chi connectivity index (χ0n) is 17.1. The van der Waals surface area contributed by atoms with Crippen LogP contribution >= 0.6 is 0 Å². The van der Waals surface area contributed by atoms with Gasteiger partial charge in [-0.3, -0.25) is 9.36 Å². The standard InChI is InChI=1S/C23H18F3N5O2/c24-23(25,26)16-8-4-7-15(11-16)18-9-10-30-21-17(12-28-31(18)21)20(33)29-22(30)27-13-19(32)14-5-2-1-3-6-14/h1-9,11-12,19,32H,10,13H2,(H,27,29,33). The molecule has 0 aliphatic carbocycles. The number of benzene rings is 2. The SMILES string of the molecule is O=c1nc(NCC(O)c2ccccc2)n2c3c1cnn3C(c1cccc(C(F)(F)F)c1)=CC2. The summed E-state index contributed by atoms with van der Waals surface area (Å²) < 4.78 is 42.7. The van der Waals surface area contributed by atoms with Crippen molar-refractivity contribution in [2.75, 3.05) is 11.9 Å². The first kappa shape index (κ1) is 21.0. The van der Waals surface area contributed by atoms with Crippen LogP contribution in [0.5, 0.6) is 0 Å². The summed E-state index contributed by atoms with van der Waals surface area (Å²) in [6.45, 7) is 0.366. The molecule has 7 nitrogen and oxygen atoms in total. The van der Waals surface area contributed by atoms with E-state index in [1.807, 2.05) is 18.2 Å². The molecule has 1 atom stereocenters. The van der Waals surface area contributed by atoms with Crippen molar-refractivity contribution in [3.05, 3.63) is 93.9 Å². The van der Waals surface area contributed by atoms with Crippen molar-refractivity contribution >= 4 is 22.7 Å². The average molecular weight is 453 g/mol. The van der Waals surface area contributed by atoms with Gasteiger partial charge in [0, 0.05) is 18.7 Å². The van der Waals surface area contributed by atoms with E-state index < -0.39 is 23.4 Å². The minimum atomic E-state index is -4.47. The van der Waals surface area contributed by atoms with Crippen LogP contribution in [0.3, 0.4) is 0 Å². The fourth-order valence-corrected chi connectivity index (χ4v) is 3.89. The molecule has 2 aromatic heterocycles. The second kappa shape index (κ2) is 7.89. The van der Waals surface area contributed by atoms with Gasteiger partial charge in [0.05, 0.1) is 23.6 Å². The highest BCUT2D eigenvalue weighted by Gasteiger charge is 2.31. The zero-order chi connectivity index (χ0) is 23.2. The van der Waals surface area contributed by atoms with E-state index >= 15 is 0 Å². The van der Waals surface area contributed by atoms with E-state index in [1.165, 1.54) is 16.9 Å². The number of halogens is 3. The summed E-state index contributed by atoms with van der Waals surface area (Å²) in [4.78, 5) is 16.7. The lowest BCUT2D eigenvalue weighted by Gasteiger charge is -2.22. The van der Waals surface area contributed by atoms with Gasteiger partial charge in [0.25, 0.3) is 5.56 Å². The van der Waals surface area contributed by atoms with Gasteiger partial charge in [0.15, 0.2) is 5.65 Å². The van der Waals surface area contributed by atoms with Crippen molar-refractivity contribution < 1.29 is 18.3 Å². The largest absolute Gasteiger partial charge is 0.416 e. The zero-order valence-corrected chi connectivity index (χ0v) is 17.1. The monoisotopic (exact) mass is 453 g/mol. The minimum absolute atomic E-state index is 0.111. The number of aliphatic hydroxyl groups is 1. The molecule has 2 N–H and O–H groups in total. The van der Waals surface area contributed by atoms with Crippen molar-refractivity contribution in [1.29, 1.82) is 0 Å². The molecule has 0 amide bonds. The van der Waals surface area contributed by atoms with E-state index in [9.17, 15) is 23.1 Å². The van der Waals surface area contributed by atoms with Crippen molar-refractivity contribution in [3.8, 4) is 0 Å². The van der Waals surface area contributed by atoms with Crippen LogP contribution < -0.4 is 10.9 Å². The number of anilines is 1. The van der Waals surface area contributed by atoms with Gasteiger partial charge in [-0.25, -0.2) is 4.68 Å². The van der Waals surface area contributed by atoms with E-state index in [0.29, 0.717) is 22.5 Å². The molecule has 168 valence electrons. The lowest BCUT2D eigenvalue weighted by atomic mass is 10.1. The Morgan fingerprint density at radius 3 is 2.67 bits per heavy atom.